The van der Waals surface area contributed by atoms with Gasteiger partial charge in [-0.25, -0.2) is 0 Å². The molecule has 0 spiro atoms. The molecule has 1 atom stereocenters. The highest BCUT2D eigenvalue weighted by Crippen LogP contribution is 2.27. The van der Waals surface area contributed by atoms with E-state index in [0.29, 0.717) is 5.41 Å². The molecule has 1 N–H and O–H groups in total. The fourth-order valence-corrected chi connectivity index (χ4v) is 2.76. The lowest BCUT2D eigenvalue weighted by Gasteiger charge is -2.38. The minimum absolute atomic E-state index is 0.443. The molecular weight excluding hydrogens is 244 g/mol. The fourth-order valence-electron chi connectivity index (χ4n) is 2.76. The summed E-state index contributed by atoms with van der Waals surface area (Å²) in [6, 6.07) is 0. The van der Waals surface area contributed by atoms with Gasteiger partial charge in [-0.15, -0.1) is 0 Å². The van der Waals surface area contributed by atoms with Gasteiger partial charge in [0.15, 0.2) is 0 Å². The lowest BCUT2D eigenvalue weighted by molar-refractivity contribution is 0.124. The van der Waals surface area contributed by atoms with Crippen LogP contribution in [0.15, 0.2) is 0 Å². The van der Waals surface area contributed by atoms with Gasteiger partial charge in [0.1, 0.15) is 0 Å². The van der Waals surface area contributed by atoms with Crippen molar-refractivity contribution in [2.75, 3.05) is 32.7 Å². The number of rotatable bonds is 12. The molecule has 0 aromatic carbocycles. The second kappa shape index (κ2) is 10.6. The summed E-state index contributed by atoms with van der Waals surface area (Å²) in [4.78, 5) is 2.66. The third-order valence-electron chi connectivity index (χ3n) is 4.83. The van der Waals surface area contributed by atoms with Crippen molar-refractivity contribution in [1.82, 2.24) is 10.2 Å². The molecule has 0 radical (unpaired) electrons. The Balaban J connectivity index is 4.53. The molecule has 1 unspecified atom stereocenters. The van der Waals surface area contributed by atoms with Gasteiger partial charge < -0.3 is 10.2 Å². The molecule has 0 aromatic heterocycles. The van der Waals surface area contributed by atoms with E-state index in [9.17, 15) is 0 Å². The van der Waals surface area contributed by atoms with Crippen LogP contribution in [0.25, 0.3) is 0 Å². The molecule has 0 saturated carbocycles. The van der Waals surface area contributed by atoms with Crippen LogP contribution in [0.4, 0.5) is 0 Å². The number of hydrogen-bond acceptors (Lipinski definition) is 2. The first-order valence-corrected chi connectivity index (χ1v) is 8.86. The summed E-state index contributed by atoms with van der Waals surface area (Å²) < 4.78 is 0. The predicted molar refractivity (Wildman–Crippen MR) is 92.3 cm³/mol. The van der Waals surface area contributed by atoms with E-state index in [2.05, 4.69) is 58.7 Å². The maximum Gasteiger partial charge on any atom is 0.00499 e. The quantitative estimate of drug-likeness (QED) is 0.571. The van der Waals surface area contributed by atoms with Crippen LogP contribution in [0.1, 0.15) is 67.7 Å². The number of nitrogens with one attached hydrogen (secondary N) is 1. The number of hydrogen-bond donors (Lipinski definition) is 1. The van der Waals surface area contributed by atoms with Crippen molar-refractivity contribution < 1.29 is 0 Å². The highest BCUT2D eigenvalue weighted by Gasteiger charge is 2.28. The molecular formula is C18H40N2. The second-order valence-electron chi connectivity index (χ2n) is 7.07. The van der Waals surface area contributed by atoms with Gasteiger partial charge >= 0.3 is 0 Å². The molecule has 2 nitrogen and oxygen atoms in total. The molecule has 20 heavy (non-hydrogen) atoms. The van der Waals surface area contributed by atoms with Crippen LogP contribution in [0, 0.1) is 17.3 Å². The molecule has 0 amide bonds. The van der Waals surface area contributed by atoms with Crippen molar-refractivity contribution in [2.24, 2.45) is 17.3 Å². The van der Waals surface area contributed by atoms with Crippen LogP contribution >= 0.6 is 0 Å². The lowest BCUT2D eigenvalue weighted by Crippen LogP contribution is -2.45. The minimum Gasteiger partial charge on any atom is -0.316 e. The zero-order chi connectivity index (χ0) is 15.6. The van der Waals surface area contributed by atoms with E-state index in [1.54, 1.807) is 0 Å². The van der Waals surface area contributed by atoms with Crippen molar-refractivity contribution in [3.63, 3.8) is 0 Å². The van der Waals surface area contributed by atoms with Crippen LogP contribution in [-0.4, -0.2) is 37.6 Å². The average Bonchev–Trinajstić information content (AvgIpc) is 2.44. The summed E-state index contributed by atoms with van der Waals surface area (Å²) in [5.41, 5.74) is 0.443. The minimum atomic E-state index is 0.443. The highest BCUT2D eigenvalue weighted by molar-refractivity contribution is 4.83. The Morgan fingerprint density at radius 1 is 1.00 bits per heavy atom. The van der Waals surface area contributed by atoms with E-state index in [1.807, 2.05) is 0 Å². The van der Waals surface area contributed by atoms with E-state index >= 15 is 0 Å². The predicted octanol–water partition coefficient (Wildman–Crippen LogP) is 4.41. The van der Waals surface area contributed by atoms with E-state index < -0.39 is 0 Å². The van der Waals surface area contributed by atoms with Crippen molar-refractivity contribution in [1.29, 1.82) is 0 Å². The standard InChI is InChI=1S/C18H40N2/c1-8-17(7)13-20(11-4)15-18(9-2,10-3)14-19-12-16(5)6/h16-17,19H,8-15H2,1-7H3. The SMILES string of the molecule is CCC(C)CN(CC)CC(CC)(CC)CNCC(C)C. The zero-order valence-corrected chi connectivity index (χ0v) is 15.3. The van der Waals surface area contributed by atoms with Crippen molar-refractivity contribution in [2.45, 2.75) is 67.7 Å². The van der Waals surface area contributed by atoms with Crippen molar-refractivity contribution in [3.8, 4) is 0 Å². The highest BCUT2D eigenvalue weighted by atomic mass is 15.1. The lowest BCUT2D eigenvalue weighted by atomic mass is 9.81. The summed E-state index contributed by atoms with van der Waals surface area (Å²) >= 11 is 0. The molecule has 0 heterocycles. The first kappa shape index (κ1) is 19.9. The first-order chi connectivity index (χ1) is 9.42. The summed E-state index contributed by atoms with van der Waals surface area (Å²) in [5.74, 6) is 1.55. The molecule has 0 rings (SSSR count). The van der Waals surface area contributed by atoms with Gasteiger partial charge in [-0.05, 0) is 43.2 Å². The first-order valence-electron chi connectivity index (χ1n) is 8.86. The Bertz CT molecular complexity index is 221. The zero-order valence-electron chi connectivity index (χ0n) is 15.3. The maximum absolute atomic E-state index is 3.70. The molecule has 122 valence electrons. The van der Waals surface area contributed by atoms with Crippen molar-refractivity contribution in [3.05, 3.63) is 0 Å². The van der Waals surface area contributed by atoms with Crippen molar-refractivity contribution >= 4 is 0 Å². The normalized spacial score (nSPS) is 14.2. The van der Waals surface area contributed by atoms with E-state index in [-0.39, 0.29) is 0 Å². The Hall–Kier alpha value is -0.0800. The molecule has 0 aromatic rings. The summed E-state index contributed by atoms with van der Waals surface area (Å²) in [5, 5.41) is 3.70. The summed E-state index contributed by atoms with van der Waals surface area (Å²) in [6.07, 6.45) is 3.82. The molecule has 0 aliphatic heterocycles. The monoisotopic (exact) mass is 284 g/mol. The molecule has 0 bridgehead atoms. The number of nitrogens with zero attached hydrogens (tertiary/aromatic N) is 1. The topological polar surface area (TPSA) is 15.3 Å². The van der Waals surface area contributed by atoms with E-state index in [4.69, 9.17) is 0 Å². The Kier molecular flexibility index (Phi) is 10.6. The van der Waals surface area contributed by atoms with Crippen LogP contribution in [-0.2, 0) is 0 Å². The Labute approximate surface area is 128 Å². The largest absolute Gasteiger partial charge is 0.316 e. The van der Waals surface area contributed by atoms with Gasteiger partial charge in [0.2, 0.25) is 0 Å². The molecule has 0 fully saturated rings. The summed E-state index contributed by atoms with van der Waals surface area (Å²) in [6.45, 7) is 22.2. The molecule has 2 heteroatoms. The maximum atomic E-state index is 3.70. The van der Waals surface area contributed by atoms with Crippen LogP contribution < -0.4 is 5.32 Å². The molecule has 0 saturated heterocycles. The van der Waals surface area contributed by atoms with Gasteiger partial charge in [0, 0.05) is 19.6 Å². The Morgan fingerprint density at radius 3 is 2.00 bits per heavy atom. The van der Waals surface area contributed by atoms with Crippen LogP contribution in [0.3, 0.4) is 0 Å². The third kappa shape index (κ3) is 7.64. The summed E-state index contributed by atoms with van der Waals surface area (Å²) in [7, 11) is 0. The van der Waals surface area contributed by atoms with Crippen LogP contribution in [0.2, 0.25) is 0 Å². The fraction of sp³-hybridized carbons (Fsp3) is 1.00. The van der Waals surface area contributed by atoms with Gasteiger partial charge in [0.05, 0.1) is 0 Å². The van der Waals surface area contributed by atoms with Gasteiger partial charge in [-0.3, -0.25) is 0 Å². The van der Waals surface area contributed by atoms with E-state index in [0.717, 1.165) is 24.9 Å². The van der Waals surface area contributed by atoms with Gasteiger partial charge in [-0.1, -0.05) is 54.9 Å². The smallest absolute Gasteiger partial charge is 0.00499 e. The average molecular weight is 285 g/mol. The van der Waals surface area contributed by atoms with Gasteiger partial charge in [0.25, 0.3) is 0 Å². The second-order valence-corrected chi connectivity index (χ2v) is 7.07. The van der Waals surface area contributed by atoms with Gasteiger partial charge in [-0.2, -0.15) is 0 Å². The van der Waals surface area contributed by atoms with E-state index in [1.165, 1.54) is 38.9 Å². The molecule has 0 aliphatic rings. The molecule has 0 aliphatic carbocycles. The Morgan fingerprint density at radius 2 is 1.60 bits per heavy atom. The third-order valence-corrected chi connectivity index (χ3v) is 4.83. The van der Waals surface area contributed by atoms with Crippen LogP contribution in [0.5, 0.6) is 0 Å².